The molecule has 0 saturated carbocycles. The lowest BCUT2D eigenvalue weighted by Gasteiger charge is -2.32. The molecule has 2 heterocycles. The number of rotatable bonds is 5. The summed E-state index contributed by atoms with van der Waals surface area (Å²) in [4.78, 5) is 1.25. The summed E-state index contributed by atoms with van der Waals surface area (Å²) in [5.74, 6) is 0. The van der Waals surface area contributed by atoms with Crippen molar-refractivity contribution in [2.24, 2.45) is 0 Å². The molecule has 1 aliphatic heterocycles. The van der Waals surface area contributed by atoms with Crippen molar-refractivity contribution in [2.45, 2.75) is 65.1 Å². The van der Waals surface area contributed by atoms with Gasteiger partial charge in [0.25, 0.3) is 0 Å². The van der Waals surface area contributed by atoms with E-state index in [0.29, 0.717) is 0 Å². The van der Waals surface area contributed by atoms with Crippen molar-refractivity contribution in [3.05, 3.63) is 28.5 Å². The molecule has 0 radical (unpaired) electrons. The Morgan fingerprint density at radius 2 is 1.90 bits per heavy atom. The van der Waals surface area contributed by atoms with Gasteiger partial charge in [-0.2, -0.15) is 0 Å². The molecule has 2 nitrogen and oxygen atoms in total. The van der Waals surface area contributed by atoms with Gasteiger partial charge >= 0.3 is 7.12 Å². The zero-order valence-corrected chi connectivity index (χ0v) is 14.0. The van der Waals surface area contributed by atoms with Crippen LogP contribution in [0.5, 0.6) is 0 Å². The number of unbranched alkanes of at least 4 members (excludes halogenated alkanes) is 2. The maximum Gasteiger partial charge on any atom is 0.495 e. The molecule has 1 aliphatic rings. The summed E-state index contributed by atoms with van der Waals surface area (Å²) in [7, 11) is -0.254. The van der Waals surface area contributed by atoms with Gasteiger partial charge in [-0.3, -0.25) is 0 Å². The fourth-order valence-electron chi connectivity index (χ4n) is 2.19. The van der Waals surface area contributed by atoms with Crippen molar-refractivity contribution in [3.63, 3.8) is 0 Å². The zero-order chi connectivity index (χ0) is 14.8. The average molecular weight is 292 g/mol. The minimum Gasteiger partial charge on any atom is -0.399 e. The Labute approximate surface area is 127 Å². The van der Waals surface area contributed by atoms with E-state index >= 15 is 0 Å². The fraction of sp³-hybridized carbons (Fsp3) is 0.625. The van der Waals surface area contributed by atoms with Crippen molar-refractivity contribution < 1.29 is 9.31 Å². The van der Waals surface area contributed by atoms with Crippen LogP contribution < -0.4 is 0 Å². The van der Waals surface area contributed by atoms with Crippen LogP contribution in [0.15, 0.2) is 23.6 Å². The molecular formula is C16H25BO2S. The van der Waals surface area contributed by atoms with Gasteiger partial charge in [0.1, 0.15) is 0 Å². The molecule has 1 aromatic heterocycles. The highest BCUT2D eigenvalue weighted by atomic mass is 32.1. The molecule has 0 aliphatic carbocycles. The zero-order valence-electron chi connectivity index (χ0n) is 13.2. The van der Waals surface area contributed by atoms with Crippen molar-refractivity contribution in [2.75, 3.05) is 0 Å². The lowest BCUT2D eigenvalue weighted by atomic mass is 9.76. The Kier molecular flexibility index (Phi) is 4.78. The van der Waals surface area contributed by atoms with E-state index in [1.54, 1.807) is 11.3 Å². The molecule has 0 aromatic carbocycles. The normalized spacial score (nSPS) is 21.4. The number of thiophene rings is 1. The summed E-state index contributed by atoms with van der Waals surface area (Å²) in [5, 5.41) is 2.11. The minimum absolute atomic E-state index is 0.254. The van der Waals surface area contributed by atoms with E-state index in [2.05, 4.69) is 58.2 Å². The Hall–Kier alpha value is -0.575. The lowest BCUT2D eigenvalue weighted by molar-refractivity contribution is 0.00578. The highest BCUT2D eigenvalue weighted by Crippen LogP contribution is 2.41. The second kappa shape index (κ2) is 6.04. The molecule has 0 spiro atoms. The third-order valence-electron chi connectivity index (χ3n) is 4.23. The van der Waals surface area contributed by atoms with E-state index in [0.717, 1.165) is 6.42 Å². The van der Waals surface area contributed by atoms with Gasteiger partial charge in [-0.15, -0.1) is 11.3 Å². The third-order valence-corrected chi connectivity index (χ3v) is 5.15. The van der Waals surface area contributed by atoms with Crippen molar-refractivity contribution >= 4 is 23.9 Å². The van der Waals surface area contributed by atoms with Crippen molar-refractivity contribution in [1.82, 2.24) is 0 Å². The van der Waals surface area contributed by atoms with E-state index in [4.69, 9.17) is 9.31 Å². The Bertz CT molecular complexity index is 447. The van der Waals surface area contributed by atoms with E-state index in [1.807, 2.05) is 0 Å². The SMILES string of the molecule is CCCC/C=C(/B1OC(C)(C)C(C)(C)O1)c1cccs1. The van der Waals surface area contributed by atoms with Crippen LogP contribution in [0.3, 0.4) is 0 Å². The van der Waals surface area contributed by atoms with E-state index in [-0.39, 0.29) is 18.3 Å². The minimum atomic E-state index is -0.279. The van der Waals surface area contributed by atoms with Gasteiger partial charge in [-0.25, -0.2) is 0 Å². The quantitative estimate of drug-likeness (QED) is 0.564. The van der Waals surface area contributed by atoms with Crippen LogP contribution in [0.2, 0.25) is 0 Å². The maximum absolute atomic E-state index is 6.20. The molecular weight excluding hydrogens is 267 g/mol. The second-order valence-corrected chi connectivity index (χ2v) is 7.31. The van der Waals surface area contributed by atoms with E-state index < -0.39 is 0 Å². The molecule has 0 unspecified atom stereocenters. The summed E-state index contributed by atoms with van der Waals surface area (Å²) >= 11 is 1.75. The molecule has 110 valence electrons. The number of hydrogen-bond acceptors (Lipinski definition) is 3. The lowest BCUT2D eigenvalue weighted by Crippen LogP contribution is -2.41. The standard InChI is InChI=1S/C16H25BO2S/c1-6-7-8-10-13(14-11-9-12-20-14)17-18-15(2,3)16(4,5)19-17/h9-12H,6-8H2,1-5H3/b13-10+. The topological polar surface area (TPSA) is 18.5 Å². The van der Waals surface area contributed by atoms with Gasteiger partial charge in [0.2, 0.25) is 0 Å². The first-order valence-corrected chi connectivity index (χ1v) is 8.35. The number of hydrogen-bond donors (Lipinski definition) is 0. The van der Waals surface area contributed by atoms with Gasteiger partial charge in [-0.05, 0) is 51.0 Å². The molecule has 1 fully saturated rings. The predicted octanol–water partition coefficient (Wildman–Crippen LogP) is 4.95. The first kappa shape index (κ1) is 15.8. The smallest absolute Gasteiger partial charge is 0.399 e. The van der Waals surface area contributed by atoms with Crippen molar-refractivity contribution in [1.29, 1.82) is 0 Å². The third kappa shape index (κ3) is 3.18. The highest BCUT2D eigenvalue weighted by Gasteiger charge is 2.52. The Balaban J connectivity index is 2.23. The van der Waals surface area contributed by atoms with Crippen LogP contribution in [0.4, 0.5) is 0 Å². The molecule has 0 N–H and O–H groups in total. The first-order chi connectivity index (χ1) is 9.37. The Morgan fingerprint density at radius 1 is 1.25 bits per heavy atom. The van der Waals surface area contributed by atoms with Crippen LogP contribution in [-0.2, 0) is 9.31 Å². The van der Waals surface area contributed by atoms with E-state index in [1.165, 1.54) is 23.2 Å². The van der Waals surface area contributed by atoms with E-state index in [9.17, 15) is 0 Å². The monoisotopic (exact) mass is 292 g/mol. The largest absolute Gasteiger partial charge is 0.495 e. The summed E-state index contributed by atoms with van der Waals surface area (Å²) in [5.41, 5.74) is 0.629. The molecule has 1 saturated heterocycles. The van der Waals surface area contributed by atoms with Gasteiger partial charge in [-0.1, -0.05) is 31.9 Å². The van der Waals surface area contributed by atoms with Crippen molar-refractivity contribution in [3.8, 4) is 0 Å². The molecule has 0 bridgehead atoms. The van der Waals surface area contributed by atoms with Gasteiger partial charge in [0.05, 0.1) is 11.2 Å². The highest BCUT2D eigenvalue weighted by molar-refractivity contribution is 7.12. The summed E-state index contributed by atoms with van der Waals surface area (Å²) in [6.45, 7) is 10.6. The van der Waals surface area contributed by atoms with Gasteiger partial charge in [0.15, 0.2) is 0 Å². The van der Waals surface area contributed by atoms with Crippen LogP contribution >= 0.6 is 11.3 Å². The summed E-state index contributed by atoms with van der Waals surface area (Å²) < 4.78 is 12.4. The molecule has 4 heteroatoms. The van der Waals surface area contributed by atoms with Crippen LogP contribution in [0.25, 0.3) is 5.47 Å². The van der Waals surface area contributed by atoms with Crippen LogP contribution in [-0.4, -0.2) is 18.3 Å². The first-order valence-electron chi connectivity index (χ1n) is 7.47. The van der Waals surface area contributed by atoms with Gasteiger partial charge < -0.3 is 9.31 Å². The molecule has 0 amide bonds. The van der Waals surface area contributed by atoms with Crippen LogP contribution in [0, 0.1) is 0 Å². The molecule has 2 rings (SSSR count). The van der Waals surface area contributed by atoms with Crippen LogP contribution in [0.1, 0.15) is 58.8 Å². The second-order valence-electron chi connectivity index (χ2n) is 6.37. The summed E-state index contributed by atoms with van der Waals surface area (Å²) in [6, 6.07) is 4.23. The Morgan fingerprint density at radius 3 is 2.40 bits per heavy atom. The summed E-state index contributed by atoms with van der Waals surface area (Å²) in [6.07, 6.45) is 5.78. The van der Waals surface area contributed by atoms with Gasteiger partial charge in [0, 0.05) is 4.88 Å². The molecule has 20 heavy (non-hydrogen) atoms. The maximum atomic E-state index is 6.20. The molecule has 0 atom stereocenters. The average Bonchev–Trinajstić information content (AvgIpc) is 2.92. The fourth-order valence-corrected chi connectivity index (χ4v) is 2.96. The number of allylic oxidation sites excluding steroid dienone is 1. The predicted molar refractivity (Wildman–Crippen MR) is 87.9 cm³/mol. The molecule has 1 aromatic rings.